The highest BCUT2D eigenvalue weighted by atomic mass is 32.2. The molecule has 0 aromatic carbocycles. The lowest BCUT2D eigenvalue weighted by Gasteiger charge is -1.92. The highest BCUT2D eigenvalue weighted by molar-refractivity contribution is 8.04. The van der Waals surface area contributed by atoms with Gasteiger partial charge in [-0.1, -0.05) is 24.0 Å². The molecule has 5 heteroatoms. The van der Waals surface area contributed by atoms with Crippen LogP contribution in [0, 0.1) is 0 Å². The molecule has 0 saturated carbocycles. The Labute approximate surface area is 74.4 Å². The summed E-state index contributed by atoms with van der Waals surface area (Å²) in [5, 5.41) is 3.37. The minimum atomic E-state index is -0.0319. The van der Waals surface area contributed by atoms with Gasteiger partial charge in [0.1, 0.15) is 0 Å². The van der Waals surface area contributed by atoms with Crippen LogP contribution >= 0.6 is 24.0 Å². The van der Waals surface area contributed by atoms with E-state index in [1.165, 1.54) is 11.8 Å². The molecule has 0 unspecified atom stereocenters. The summed E-state index contributed by atoms with van der Waals surface area (Å²) in [4.78, 5) is 11.2. The van der Waals surface area contributed by atoms with Crippen LogP contribution in [-0.4, -0.2) is 16.1 Å². The maximum atomic E-state index is 10.9. The zero-order valence-corrected chi connectivity index (χ0v) is 7.59. The van der Waals surface area contributed by atoms with E-state index >= 15 is 0 Å². The first-order valence-corrected chi connectivity index (χ1v) is 4.37. The highest BCUT2D eigenvalue weighted by Gasteiger charge is 2.23. The lowest BCUT2D eigenvalue weighted by molar-refractivity contribution is -0.118. The van der Waals surface area contributed by atoms with Gasteiger partial charge < -0.3 is 11.1 Å². The molecule has 3 nitrogen and oxygen atoms in total. The topological polar surface area (TPSA) is 55.1 Å². The Bertz CT molecular complexity index is 237. The maximum Gasteiger partial charge on any atom is 0.238 e. The fraction of sp³-hybridized carbons (Fsp3) is 0.333. The van der Waals surface area contributed by atoms with Crippen molar-refractivity contribution in [3.63, 3.8) is 0 Å². The van der Waals surface area contributed by atoms with Crippen molar-refractivity contribution in [2.24, 2.45) is 5.73 Å². The van der Waals surface area contributed by atoms with Crippen molar-refractivity contribution in [1.29, 1.82) is 0 Å². The summed E-state index contributed by atoms with van der Waals surface area (Å²) in [5.74, 6) is 0.0116. The average Bonchev–Trinajstić information content (AvgIpc) is 2.10. The van der Waals surface area contributed by atoms with Crippen molar-refractivity contribution in [3.8, 4) is 0 Å². The molecule has 1 saturated heterocycles. The minimum absolute atomic E-state index is 0.0116. The molecular formula is C6H8N2OS2. The molecule has 0 aromatic heterocycles. The van der Waals surface area contributed by atoms with Crippen molar-refractivity contribution in [2.45, 2.75) is 12.2 Å². The Morgan fingerprint density at radius 2 is 2.55 bits per heavy atom. The van der Waals surface area contributed by atoms with Crippen molar-refractivity contribution in [2.75, 3.05) is 0 Å². The summed E-state index contributed by atoms with van der Waals surface area (Å²) in [5.41, 5.74) is 5.25. The first-order valence-electron chi connectivity index (χ1n) is 3.08. The third-order valence-corrected chi connectivity index (χ3v) is 2.35. The molecule has 1 amide bonds. The van der Waals surface area contributed by atoms with Gasteiger partial charge in [-0.3, -0.25) is 4.79 Å². The SMILES string of the molecule is C[C@H]1S/C(=C/C(N)=S)NC1=O. The van der Waals surface area contributed by atoms with Gasteiger partial charge in [-0.15, -0.1) is 0 Å². The first kappa shape index (κ1) is 8.55. The van der Waals surface area contributed by atoms with Gasteiger partial charge in [0.05, 0.1) is 15.3 Å². The predicted octanol–water partition coefficient (Wildman–Crippen LogP) is 0.365. The number of hydrogen-bond acceptors (Lipinski definition) is 3. The van der Waals surface area contributed by atoms with Crippen LogP contribution in [-0.2, 0) is 4.79 Å². The molecule has 60 valence electrons. The van der Waals surface area contributed by atoms with E-state index < -0.39 is 0 Å². The van der Waals surface area contributed by atoms with Gasteiger partial charge in [0.15, 0.2) is 0 Å². The van der Waals surface area contributed by atoms with E-state index in [4.69, 9.17) is 5.73 Å². The molecule has 0 aromatic rings. The van der Waals surface area contributed by atoms with Gasteiger partial charge in [0.2, 0.25) is 5.91 Å². The van der Waals surface area contributed by atoms with E-state index in [0.717, 1.165) is 5.03 Å². The summed E-state index contributed by atoms with van der Waals surface area (Å²) in [7, 11) is 0. The molecule has 1 aliphatic rings. The van der Waals surface area contributed by atoms with Gasteiger partial charge >= 0.3 is 0 Å². The summed E-state index contributed by atoms with van der Waals surface area (Å²) >= 11 is 6.08. The van der Waals surface area contributed by atoms with Crippen LogP contribution in [0.3, 0.4) is 0 Å². The van der Waals surface area contributed by atoms with Crippen LogP contribution < -0.4 is 11.1 Å². The number of nitrogens with one attached hydrogen (secondary N) is 1. The normalized spacial score (nSPS) is 27.2. The van der Waals surface area contributed by atoms with Gasteiger partial charge in [-0.2, -0.15) is 0 Å². The number of amides is 1. The third-order valence-electron chi connectivity index (χ3n) is 1.19. The lowest BCUT2D eigenvalue weighted by atomic mass is 10.4. The maximum absolute atomic E-state index is 10.9. The predicted molar refractivity (Wildman–Crippen MR) is 50.1 cm³/mol. The van der Waals surface area contributed by atoms with Gasteiger partial charge in [-0.05, 0) is 6.92 Å². The molecular weight excluding hydrogens is 180 g/mol. The molecule has 11 heavy (non-hydrogen) atoms. The fourth-order valence-corrected chi connectivity index (χ4v) is 1.79. The molecule has 1 aliphatic heterocycles. The van der Waals surface area contributed by atoms with Crippen molar-refractivity contribution < 1.29 is 4.79 Å². The number of rotatable bonds is 1. The van der Waals surface area contributed by atoms with Gasteiger partial charge in [0.25, 0.3) is 0 Å². The highest BCUT2D eigenvalue weighted by Crippen LogP contribution is 2.25. The van der Waals surface area contributed by atoms with Gasteiger partial charge in [-0.25, -0.2) is 0 Å². The van der Waals surface area contributed by atoms with Crippen LogP contribution in [0.2, 0.25) is 0 Å². The second-order valence-electron chi connectivity index (χ2n) is 2.16. The third kappa shape index (κ3) is 2.20. The molecule has 1 atom stereocenters. The van der Waals surface area contributed by atoms with Crippen LogP contribution in [0.1, 0.15) is 6.92 Å². The van der Waals surface area contributed by atoms with Gasteiger partial charge in [0, 0.05) is 6.08 Å². The minimum Gasteiger partial charge on any atom is -0.390 e. The second kappa shape index (κ2) is 3.23. The molecule has 0 aliphatic carbocycles. The number of carbonyl (C=O) groups excluding carboxylic acids is 1. The Morgan fingerprint density at radius 1 is 1.91 bits per heavy atom. The summed E-state index contributed by atoms with van der Waals surface area (Å²) < 4.78 is 0. The number of carbonyl (C=O) groups is 1. The Balaban J connectivity index is 2.67. The van der Waals surface area contributed by atoms with E-state index in [2.05, 4.69) is 17.5 Å². The van der Waals surface area contributed by atoms with E-state index in [1.54, 1.807) is 6.08 Å². The average molecular weight is 188 g/mol. The second-order valence-corrected chi connectivity index (χ2v) is 4.01. The van der Waals surface area contributed by atoms with Crippen LogP contribution in [0.4, 0.5) is 0 Å². The fourth-order valence-electron chi connectivity index (χ4n) is 0.696. The summed E-state index contributed by atoms with van der Waals surface area (Å²) in [6.45, 7) is 1.83. The van der Waals surface area contributed by atoms with Crippen molar-refractivity contribution >= 4 is 34.9 Å². The molecule has 1 fully saturated rings. The number of hydrogen-bond donors (Lipinski definition) is 2. The Hall–Kier alpha value is -0.550. The zero-order valence-electron chi connectivity index (χ0n) is 5.96. The molecule has 0 radical (unpaired) electrons. The molecule has 0 bridgehead atoms. The number of thioether (sulfide) groups is 1. The number of nitrogens with two attached hydrogens (primary N) is 1. The summed E-state index contributed by atoms with van der Waals surface area (Å²) in [6.07, 6.45) is 1.58. The molecule has 1 heterocycles. The first-order chi connectivity index (χ1) is 5.09. The van der Waals surface area contributed by atoms with Crippen molar-refractivity contribution in [3.05, 3.63) is 11.1 Å². The Morgan fingerprint density at radius 3 is 2.91 bits per heavy atom. The molecule has 0 spiro atoms. The van der Waals surface area contributed by atoms with E-state index in [0.29, 0.717) is 4.99 Å². The van der Waals surface area contributed by atoms with E-state index in [-0.39, 0.29) is 11.2 Å². The van der Waals surface area contributed by atoms with E-state index in [9.17, 15) is 4.79 Å². The number of thiocarbonyl (C=S) groups is 1. The van der Waals surface area contributed by atoms with E-state index in [1.807, 2.05) is 6.92 Å². The van der Waals surface area contributed by atoms with Crippen molar-refractivity contribution in [1.82, 2.24) is 5.32 Å². The lowest BCUT2D eigenvalue weighted by Crippen LogP contribution is -2.20. The zero-order chi connectivity index (χ0) is 8.43. The van der Waals surface area contributed by atoms with Crippen LogP contribution in [0.25, 0.3) is 0 Å². The van der Waals surface area contributed by atoms with Crippen LogP contribution in [0.5, 0.6) is 0 Å². The molecule has 1 rings (SSSR count). The Kier molecular flexibility index (Phi) is 2.51. The van der Waals surface area contributed by atoms with Crippen LogP contribution in [0.15, 0.2) is 11.1 Å². The largest absolute Gasteiger partial charge is 0.390 e. The monoisotopic (exact) mass is 188 g/mol. The molecule has 3 N–H and O–H groups in total. The standard InChI is InChI=1S/C6H8N2OS2/c1-3-6(9)8-5(11-3)2-4(7)10/h2-3H,1H3,(H2,7,10)(H,8,9)/b5-2+/t3-/m1/s1. The quantitative estimate of drug-likeness (QED) is 0.461. The smallest absolute Gasteiger partial charge is 0.238 e. The summed E-state index contributed by atoms with van der Waals surface area (Å²) in [6, 6.07) is 0.